The molecule has 4 nitrogen and oxygen atoms in total. The molecule has 21 heavy (non-hydrogen) atoms. The van der Waals surface area contributed by atoms with Crippen LogP contribution in [0.2, 0.25) is 0 Å². The van der Waals surface area contributed by atoms with Crippen molar-refractivity contribution in [3.8, 4) is 5.75 Å². The van der Waals surface area contributed by atoms with E-state index in [0.717, 1.165) is 23.5 Å². The van der Waals surface area contributed by atoms with Crippen LogP contribution in [0.4, 0.5) is 4.39 Å². The molecule has 0 saturated carbocycles. The molecule has 0 amide bonds. The second-order valence-corrected chi connectivity index (χ2v) is 5.31. The molecule has 1 aromatic carbocycles. The molecule has 0 fully saturated rings. The predicted molar refractivity (Wildman–Crippen MR) is 80.7 cm³/mol. The van der Waals surface area contributed by atoms with Gasteiger partial charge in [-0.1, -0.05) is 0 Å². The Morgan fingerprint density at radius 3 is 2.81 bits per heavy atom. The van der Waals surface area contributed by atoms with Gasteiger partial charge in [0.1, 0.15) is 18.2 Å². The van der Waals surface area contributed by atoms with Crippen LogP contribution >= 0.6 is 0 Å². The Labute approximate surface area is 124 Å². The summed E-state index contributed by atoms with van der Waals surface area (Å²) in [6.07, 6.45) is 0.583. The van der Waals surface area contributed by atoms with Crippen LogP contribution in [0.15, 0.2) is 24.3 Å². The van der Waals surface area contributed by atoms with Crippen LogP contribution in [0.25, 0.3) is 0 Å². The van der Waals surface area contributed by atoms with Gasteiger partial charge >= 0.3 is 0 Å². The van der Waals surface area contributed by atoms with Crippen molar-refractivity contribution >= 4 is 0 Å². The highest BCUT2D eigenvalue weighted by Crippen LogP contribution is 2.22. The van der Waals surface area contributed by atoms with E-state index < -0.39 is 0 Å². The molecule has 0 radical (unpaired) electrons. The summed E-state index contributed by atoms with van der Waals surface area (Å²) in [5.41, 5.74) is 8.57. The van der Waals surface area contributed by atoms with E-state index in [9.17, 15) is 4.39 Å². The third-order valence-electron chi connectivity index (χ3n) is 3.22. The average Bonchev–Trinajstić information content (AvgIpc) is 2.77. The van der Waals surface area contributed by atoms with Crippen molar-refractivity contribution in [1.82, 2.24) is 9.78 Å². The number of nitrogens with zero attached hydrogens (tertiary/aromatic N) is 2. The minimum absolute atomic E-state index is 0.0439. The number of aryl methyl sites for hydroxylation is 2. The first kappa shape index (κ1) is 15.5. The zero-order valence-corrected chi connectivity index (χ0v) is 12.8. The van der Waals surface area contributed by atoms with Gasteiger partial charge in [0.25, 0.3) is 0 Å². The molecule has 1 aromatic heterocycles. The number of halogens is 1. The van der Waals surface area contributed by atoms with Gasteiger partial charge in [0, 0.05) is 12.6 Å². The lowest BCUT2D eigenvalue weighted by molar-refractivity contribution is 0.288. The molecule has 0 aliphatic rings. The molecule has 1 heterocycles. The van der Waals surface area contributed by atoms with E-state index in [1.165, 1.54) is 12.1 Å². The SMILES string of the molecule is CCn1nc(C)cc1COc1ccc(F)cc1CC(C)N. The average molecular weight is 291 g/mol. The van der Waals surface area contributed by atoms with E-state index in [1.807, 2.05) is 31.5 Å². The molecule has 1 unspecified atom stereocenters. The zero-order chi connectivity index (χ0) is 15.4. The highest BCUT2D eigenvalue weighted by molar-refractivity contribution is 5.34. The monoisotopic (exact) mass is 291 g/mol. The van der Waals surface area contributed by atoms with Crippen LogP contribution in [0.3, 0.4) is 0 Å². The molecule has 0 aliphatic heterocycles. The van der Waals surface area contributed by atoms with E-state index in [2.05, 4.69) is 5.10 Å². The van der Waals surface area contributed by atoms with E-state index in [0.29, 0.717) is 18.8 Å². The van der Waals surface area contributed by atoms with Crippen LogP contribution in [-0.4, -0.2) is 15.8 Å². The minimum atomic E-state index is -0.271. The predicted octanol–water partition coefficient (Wildman–Crippen LogP) is 2.82. The largest absolute Gasteiger partial charge is 0.487 e. The molecular formula is C16H22FN3O. The van der Waals surface area contributed by atoms with E-state index in [1.54, 1.807) is 6.07 Å². The standard InChI is InChI=1S/C16H22FN3O/c1-4-20-15(8-12(3)19-20)10-21-16-6-5-14(17)9-13(16)7-11(2)18/h5-6,8-9,11H,4,7,10,18H2,1-3H3. The van der Waals surface area contributed by atoms with Crippen LogP contribution < -0.4 is 10.5 Å². The molecule has 114 valence electrons. The third-order valence-corrected chi connectivity index (χ3v) is 3.22. The zero-order valence-electron chi connectivity index (χ0n) is 12.8. The second kappa shape index (κ2) is 6.72. The van der Waals surface area contributed by atoms with Crippen molar-refractivity contribution < 1.29 is 9.13 Å². The van der Waals surface area contributed by atoms with Gasteiger partial charge in [-0.2, -0.15) is 5.10 Å². The first-order valence-electron chi connectivity index (χ1n) is 7.19. The van der Waals surface area contributed by atoms with Gasteiger partial charge in [0.15, 0.2) is 0 Å². The Bertz CT molecular complexity index is 608. The fraction of sp³-hybridized carbons (Fsp3) is 0.438. The quantitative estimate of drug-likeness (QED) is 0.890. The lowest BCUT2D eigenvalue weighted by atomic mass is 10.1. The Morgan fingerprint density at radius 1 is 1.38 bits per heavy atom. The van der Waals surface area contributed by atoms with Gasteiger partial charge in [-0.15, -0.1) is 0 Å². The number of ether oxygens (including phenoxy) is 1. The molecule has 0 aliphatic carbocycles. The number of hydrogen-bond acceptors (Lipinski definition) is 3. The third kappa shape index (κ3) is 4.04. The van der Waals surface area contributed by atoms with E-state index >= 15 is 0 Å². The number of rotatable bonds is 6. The summed E-state index contributed by atoms with van der Waals surface area (Å²) in [6.45, 7) is 7.09. The maximum Gasteiger partial charge on any atom is 0.130 e. The van der Waals surface area contributed by atoms with Crippen molar-refractivity contribution in [2.75, 3.05) is 0 Å². The molecule has 0 saturated heterocycles. The van der Waals surface area contributed by atoms with Crippen molar-refractivity contribution in [3.05, 3.63) is 47.0 Å². The molecule has 2 N–H and O–H groups in total. The van der Waals surface area contributed by atoms with Crippen molar-refractivity contribution in [3.63, 3.8) is 0 Å². The second-order valence-electron chi connectivity index (χ2n) is 5.31. The van der Waals surface area contributed by atoms with Gasteiger partial charge in [0.2, 0.25) is 0 Å². The fourth-order valence-corrected chi connectivity index (χ4v) is 2.34. The summed E-state index contributed by atoms with van der Waals surface area (Å²) in [7, 11) is 0. The van der Waals surface area contributed by atoms with Gasteiger partial charge in [-0.05, 0) is 57.0 Å². The normalized spacial score (nSPS) is 12.4. The van der Waals surface area contributed by atoms with Gasteiger partial charge in [-0.3, -0.25) is 4.68 Å². The molecular weight excluding hydrogens is 269 g/mol. The van der Waals surface area contributed by atoms with Crippen molar-refractivity contribution in [2.24, 2.45) is 5.73 Å². The van der Waals surface area contributed by atoms with Gasteiger partial charge in [-0.25, -0.2) is 4.39 Å². The van der Waals surface area contributed by atoms with Crippen LogP contribution in [-0.2, 0) is 19.6 Å². The van der Waals surface area contributed by atoms with Gasteiger partial charge < -0.3 is 10.5 Å². The molecule has 2 aromatic rings. The minimum Gasteiger partial charge on any atom is -0.487 e. The maximum absolute atomic E-state index is 13.4. The lowest BCUT2D eigenvalue weighted by Crippen LogP contribution is -2.18. The van der Waals surface area contributed by atoms with Crippen LogP contribution in [0, 0.1) is 12.7 Å². The first-order valence-corrected chi connectivity index (χ1v) is 7.19. The molecule has 2 rings (SSSR count). The molecule has 5 heteroatoms. The van der Waals surface area contributed by atoms with E-state index in [-0.39, 0.29) is 11.9 Å². The summed E-state index contributed by atoms with van der Waals surface area (Å²) in [5, 5.41) is 4.38. The topological polar surface area (TPSA) is 53.1 Å². The van der Waals surface area contributed by atoms with Crippen molar-refractivity contribution in [1.29, 1.82) is 0 Å². The summed E-state index contributed by atoms with van der Waals surface area (Å²) in [4.78, 5) is 0. The van der Waals surface area contributed by atoms with Crippen LogP contribution in [0.5, 0.6) is 5.75 Å². The highest BCUT2D eigenvalue weighted by atomic mass is 19.1. The number of nitrogens with two attached hydrogens (primary N) is 1. The Kier molecular flexibility index (Phi) is 4.96. The Balaban J connectivity index is 2.15. The molecule has 1 atom stereocenters. The Hall–Kier alpha value is -1.88. The maximum atomic E-state index is 13.4. The summed E-state index contributed by atoms with van der Waals surface area (Å²) in [6, 6.07) is 6.51. The first-order chi connectivity index (χ1) is 9.99. The van der Waals surface area contributed by atoms with Gasteiger partial charge in [0.05, 0.1) is 11.4 Å². The number of benzene rings is 1. The summed E-state index contributed by atoms with van der Waals surface area (Å²) >= 11 is 0. The molecule has 0 spiro atoms. The Morgan fingerprint density at radius 2 is 2.14 bits per heavy atom. The smallest absolute Gasteiger partial charge is 0.130 e. The highest BCUT2D eigenvalue weighted by Gasteiger charge is 2.10. The molecule has 0 bridgehead atoms. The summed E-state index contributed by atoms with van der Waals surface area (Å²) in [5.74, 6) is 0.405. The van der Waals surface area contributed by atoms with Crippen LogP contribution in [0.1, 0.15) is 30.8 Å². The lowest BCUT2D eigenvalue weighted by Gasteiger charge is -2.13. The fourth-order valence-electron chi connectivity index (χ4n) is 2.34. The number of hydrogen-bond donors (Lipinski definition) is 1. The van der Waals surface area contributed by atoms with Crippen molar-refractivity contribution in [2.45, 2.75) is 46.4 Å². The number of aromatic nitrogens is 2. The van der Waals surface area contributed by atoms with E-state index in [4.69, 9.17) is 10.5 Å². The summed E-state index contributed by atoms with van der Waals surface area (Å²) < 4.78 is 21.1.